The molecule has 0 unspecified atom stereocenters. The molecule has 1 saturated carbocycles. The predicted octanol–water partition coefficient (Wildman–Crippen LogP) is 1.56. The van der Waals surface area contributed by atoms with Crippen LogP contribution in [0.15, 0.2) is 0 Å². The number of amides is 4. The van der Waals surface area contributed by atoms with Crippen LogP contribution < -0.4 is 0 Å². The van der Waals surface area contributed by atoms with Crippen LogP contribution in [-0.4, -0.2) is 71.1 Å². The number of carbonyl (C=O) groups excluding carboxylic acids is 4. The molecule has 3 aliphatic rings. The molecule has 0 radical (unpaired) electrons. The van der Waals surface area contributed by atoms with Gasteiger partial charge in [-0.25, -0.2) is 0 Å². The van der Waals surface area contributed by atoms with Crippen molar-refractivity contribution in [1.82, 2.24) is 14.7 Å². The van der Waals surface area contributed by atoms with Gasteiger partial charge in [0.15, 0.2) is 0 Å². The average Bonchev–Trinajstić information content (AvgIpc) is 3.01. The maximum atomic E-state index is 12.4. The van der Waals surface area contributed by atoms with Gasteiger partial charge in [-0.2, -0.15) is 0 Å². The number of rotatable bonds is 6. The molecule has 4 amide bonds. The Hall–Kier alpha value is -1.92. The molecule has 0 atom stereocenters. The molecule has 0 aromatic rings. The van der Waals surface area contributed by atoms with Gasteiger partial charge in [0.05, 0.1) is 0 Å². The van der Waals surface area contributed by atoms with Crippen molar-refractivity contribution in [3.63, 3.8) is 0 Å². The summed E-state index contributed by atoms with van der Waals surface area (Å²) in [7, 11) is 0. The van der Waals surface area contributed by atoms with Crippen LogP contribution in [0.4, 0.5) is 0 Å². The number of nitrogens with zero attached hydrogens (tertiary/aromatic N) is 3. The minimum absolute atomic E-state index is 0.160. The Morgan fingerprint density at radius 3 is 1.96 bits per heavy atom. The number of piperazine rings is 1. The van der Waals surface area contributed by atoms with Gasteiger partial charge in [-0.05, 0) is 18.8 Å². The molecular weight excluding hydrogens is 346 g/mol. The summed E-state index contributed by atoms with van der Waals surface area (Å²) in [5, 5.41) is 0. The third-order valence-electron chi connectivity index (χ3n) is 6.16. The molecule has 3 fully saturated rings. The number of hydrogen-bond acceptors (Lipinski definition) is 4. The Bertz CT molecular complexity index is 562. The van der Waals surface area contributed by atoms with E-state index in [1.807, 2.05) is 4.90 Å². The zero-order chi connectivity index (χ0) is 19.2. The smallest absolute Gasteiger partial charge is 0.242 e. The van der Waals surface area contributed by atoms with Crippen molar-refractivity contribution in [2.24, 2.45) is 5.92 Å². The molecule has 0 spiro atoms. The van der Waals surface area contributed by atoms with Crippen molar-refractivity contribution in [1.29, 1.82) is 0 Å². The van der Waals surface area contributed by atoms with E-state index >= 15 is 0 Å². The van der Waals surface area contributed by atoms with Crippen LogP contribution in [0.3, 0.4) is 0 Å². The van der Waals surface area contributed by atoms with E-state index in [1.165, 1.54) is 32.1 Å². The summed E-state index contributed by atoms with van der Waals surface area (Å²) in [6, 6.07) is 0. The fraction of sp³-hybridized carbons (Fsp3) is 0.800. The van der Waals surface area contributed by atoms with E-state index in [1.54, 1.807) is 4.90 Å². The van der Waals surface area contributed by atoms with E-state index in [9.17, 15) is 19.2 Å². The molecule has 150 valence electrons. The zero-order valence-corrected chi connectivity index (χ0v) is 16.2. The van der Waals surface area contributed by atoms with Crippen LogP contribution in [0.25, 0.3) is 0 Å². The quantitative estimate of drug-likeness (QED) is 0.658. The van der Waals surface area contributed by atoms with Gasteiger partial charge >= 0.3 is 0 Å². The number of hydrogen-bond donors (Lipinski definition) is 0. The highest BCUT2D eigenvalue weighted by Gasteiger charge is 2.33. The summed E-state index contributed by atoms with van der Waals surface area (Å²) in [5.74, 6) is 0.253. The van der Waals surface area contributed by atoms with E-state index in [-0.39, 0.29) is 43.0 Å². The fourth-order valence-electron chi connectivity index (χ4n) is 4.42. The van der Waals surface area contributed by atoms with Crippen molar-refractivity contribution in [2.75, 3.05) is 32.7 Å². The Morgan fingerprint density at radius 1 is 0.815 bits per heavy atom. The lowest BCUT2D eigenvalue weighted by atomic mass is 9.86. The molecule has 27 heavy (non-hydrogen) atoms. The molecule has 0 aromatic carbocycles. The molecule has 2 saturated heterocycles. The molecule has 7 heteroatoms. The third-order valence-corrected chi connectivity index (χ3v) is 6.16. The molecule has 0 N–H and O–H groups in total. The van der Waals surface area contributed by atoms with Gasteiger partial charge in [0, 0.05) is 45.4 Å². The first kappa shape index (κ1) is 19.8. The summed E-state index contributed by atoms with van der Waals surface area (Å²) in [4.78, 5) is 52.6. The summed E-state index contributed by atoms with van der Waals surface area (Å²) in [6.07, 6.45) is 9.79. The first-order valence-corrected chi connectivity index (χ1v) is 10.4. The molecule has 2 heterocycles. The minimum Gasteiger partial charge on any atom is -0.339 e. The van der Waals surface area contributed by atoms with Crippen molar-refractivity contribution in [3.05, 3.63) is 0 Å². The van der Waals surface area contributed by atoms with E-state index < -0.39 is 0 Å². The highest BCUT2D eigenvalue weighted by Crippen LogP contribution is 2.27. The second-order valence-corrected chi connectivity index (χ2v) is 8.03. The number of likely N-dealkylation sites (tertiary alicyclic amines) is 1. The summed E-state index contributed by atoms with van der Waals surface area (Å²) < 4.78 is 0. The largest absolute Gasteiger partial charge is 0.339 e. The second kappa shape index (κ2) is 9.33. The van der Waals surface area contributed by atoms with Gasteiger partial charge in [-0.15, -0.1) is 0 Å². The molecular formula is C20H31N3O4. The average molecular weight is 377 g/mol. The lowest BCUT2D eigenvalue weighted by Crippen LogP contribution is -2.53. The van der Waals surface area contributed by atoms with E-state index in [0.29, 0.717) is 32.6 Å². The van der Waals surface area contributed by atoms with Crippen molar-refractivity contribution in [3.8, 4) is 0 Å². The molecule has 0 bridgehead atoms. The zero-order valence-electron chi connectivity index (χ0n) is 16.2. The molecule has 0 aromatic heterocycles. The molecule has 7 nitrogen and oxygen atoms in total. The highest BCUT2D eigenvalue weighted by atomic mass is 16.2. The van der Waals surface area contributed by atoms with Crippen LogP contribution in [0.1, 0.15) is 64.2 Å². The van der Waals surface area contributed by atoms with Crippen LogP contribution in [0.2, 0.25) is 0 Å². The van der Waals surface area contributed by atoms with Gasteiger partial charge < -0.3 is 9.80 Å². The normalized spacial score (nSPS) is 21.9. The molecule has 2 aliphatic heterocycles. The summed E-state index contributed by atoms with van der Waals surface area (Å²) in [6.45, 7) is 1.87. The topological polar surface area (TPSA) is 78.0 Å². The molecule has 1 aliphatic carbocycles. The highest BCUT2D eigenvalue weighted by molar-refractivity contribution is 6.04. The monoisotopic (exact) mass is 377 g/mol. The van der Waals surface area contributed by atoms with E-state index in [2.05, 4.69) is 0 Å². The van der Waals surface area contributed by atoms with E-state index in [0.717, 1.165) is 23.7 Å². The van der Waals surface area contributed by atoms with E-state index in [4.69, 9.17) is 0 Å². The standard InChI is InChI=1S/C20H31N3O4/c24-17(8-4-7-16-5-2-1-3-6-16)21-11-13-22(14-12-21)20(27)15-23-18(25)9-10-19(23)26/h16H,1-15H2. The number of imide groups is 1. The fourth-order valence-corrected chi connectivity index (χ4v) is 4.42. The second-order valence-electron chi connectivity index (χ2n) is 8.03. The Balaban J connectivity index is 1.35. The van der Waals surface area contributed by atoms with Gasteiger partial charge in [0.25, 0.3) is 0 Å². The summed E-state index contributed by atoms with van der Waals surface area (Å²) >= 11 is 0. The van der Waals surface area contributed by atoms with Gasteiger partial charge in [0.1, 0.15) is 6.54 Å². The SMILES string of the molecule is O=C(CCCC1CCCCC1)N1CCN(C(=O)CN2C(=O)CCC2=O)CC1. The third kappa shape index (κ3) is 5.30. The minimum atomic E-state index is -0.264. The predicted molar refractivity (Wildman–Crippen MR) is 99.5 cm³/mol. The lowest BCUT2D eigenvalue weighted by Gasteiger charge is -2.35. The molecule has 3 rings (SSSR count). The maximum absolute atomic E-state index is 12.4. The number of carbonyl (C=O) groups is 4. The Morgan fingerprint density at radius 2 is 1.37 bits per heavy atom. The van der Waals surface area contributed by atoms with Crippen molar-refractivity contribution in [2.45, 2.75) is 64.2 Å². The van der Waals surface area contributed by atoms with Crippen molar-refractivity contribution < 1.29 is 19.2 Å². The van der Waals surface area contributed by atoms with Crippen molar-refractivity contribution >= 4 is 23.6 Å². The first-order chi connectivity index (χ1) is 13.0. The Kier molecular flexibility index (Phi) is 6.85. The van der Waals surface area contributed by atoms with Gasteiger partial charge in [0.2, 0.25) is 23.6 Å². The van der Waals surface area contributed by atoms with Gasteiger partial charge in [-0.1, -0.05) is 32.1 Å². The van der Waals surface area contributed by atoms with Crippen LogP contribution in [-0.2, 0) is 19.2 Å². The lowest BCUT2D eigenvalue weighted by molar-refractivity contribution is -0.147. The van der Waals surface area contributed by atoms with Gasteiger partial charge in [-0.3, -0.25) is 24.1 Å². The first-order valence-electron chi connectivity index (χ1n) is 10.4. The summed E-state index contributed by atoms with van der Waals surface area (Å²) in [5.41, 5.74) is 0. The maximum Gasteiger partial charge on any atom is 0.242 e. The van der Waals surface area contributed by atoms with Crippen LogP contribution in [0.5, 0.6) is 0 Å². The van der Waals surface area contributed by atoms with Crippen LogP contribution in [0, 0.1) is 5.92 Å². The van der Waals surface area contributed by atoms with Crippen LogP contribution >= 0.6 is 0 Å². The Labute approximate surface area is 161 Å².